The van der Waals surface area contributed by atoms with Crippen LogP contribution in [0.5, 0.6) is 0 Å². The van der Waals surface area contributed by atoms with Crippen LogP contribution in [0.1, 0.15) is 28.6 Å². The summed E-state index contributed by atoms with van der Waals surface area (Å²) in [4.78, 5) is 5.95. The van der Waals surface area contributed by atoms with E-state index < -0.39 is 0 Å². The maximum Gasteiger partial charge on any atom is 0.122 e. The predicted molar refractivity (Wildman–Crippen MR) is 52.9 cm³/mol. The molecule has 3 nitrogen and oxygen atoms in total. The van der Waals surface area contributed by atoms with Crippen LogP contribution in [0.25, 0.3) is 0 Å². The summed E-state index contributed by atoms with van der Waals surface area (Å²) in [6, 6.07) is 0. The highest BCUT2D eigenvalue weighted by molar-refractivity contribution is 7.11. The minimum atomic E-state index is 0.135. The minimum Gasteiger partial charge on any atom is -0.375 e. The Morgan fingerprint density at radius 1 is 1.62 bits per heavy atom. The fourth-order valence-electron chi connectivity index (χ4n) is 1.42. The molecular formula is C9H14N2OS. The second-order valence-corrected chi connectivity index (χ2v) is 4.34. The third-order valence-electron chi connectivity index (χ3n) is 2.32. The van der Waals surface area contributed by atoms with Crippen LogP contribution < -0.4 is 5.32 Å². The second kappa shape index (κ2) is 3.74. The first-order valence-electron chi connectivity index (χ1n) is 4.53. The zero-order valence-electron chi connectivity index (χ0n) is 7.96. The van der Waals surface area contributed by atoms with Crippen LogP contribution in [0.4, 0.5) is 0 Å². The van der Waals surface area contributed by atoms with Gasteiger partial charge in [0.1, 0.15) is 11.1 Å². The molecule has 0 aromatic carbocycles. The minimum absolute atomic E-state index is 0.135. The van der Waals surface area contributed by atoms with Gasteiger partial charge in [0.15, 0.2) is 0 Å². The highest BCUT2D eigenvalue weighted by Gasteiger charge is 2.17. The number of thiazole rings is 1. The van der Waals surface area contributed by atoms with Crippen LogP contribution in [-0.4, -0.2) is 18.6 Å². The molecule has 0 bridgehead atoms. The molecule has 0 spiro atoms. The molecule has 0 radical (unpaired) electrons. The lowest BCUT2D eigenvalue weighted by Gasteiger charge is -2.09. The summed E-state index contributed by atoms with van der Waals surface area (Å²) in [5.41, 5.74) is 1.27. The predicted octanol–water partition coefficient (Wildman–Crippen LogP) is 1.50. The quantitative estimate of drug-likeness (QED) is 0.782. The lowest BCUT2D eigenvalue weighted by molar-refractivity contribution is 0.119. The molecule has 1 N–H and O–H groups in total. The van der Waals surface area contributed by atoms with E-state index in [0.717, 1.165) is 24.5 Å². The van der Waals surface area contributed by atoms with Crippen molar-refractivity contribution in [2.75, 3.05) is 13.7 Å². The third kappa shape index (κ3) is 1.75. The highest BCUT2D eigenvalue weighted by Crippen LogP contribution is 2.27. The van der Waals surface area contributed by atoms with Gasteiger partial charge < -0.3 is 10.1 Å². The zero-order chi connectivity index (χ0) is 9.26. The van der Waals surface area contributed by atoms with E-state index in [1.165, 1.54) is 10.6 Å². The van der Waals surface area contributed by atoms with Gasteiger partial charge >= 0.3 is 0 Å². The number of hydrogen-bond donors (Lipinski definition) is 1. The summed E-state index contributed by atoms with van der Waals surface area (Å²) < 4.78 is 5.24. The summed E-state index contributed by atoms with van der Waals surface area (Å²) in [5, 5.41) is 4.45. The molecule has 1 aliphatic rings. The Morgan fingerprint density at radius 3 is 3.15 bits per heavy atom. The van der Waals surface area contributed by atoms with Crippen molar-refractivity contribution in [3.8, 4) is 0 Å². The second-order valence-electron chi connectivity index (χ2n) is 3.23. The first-order valence-corrected chi connectivity index (χ1v) is 5.35. The molecule has 1 aromatic heterocycles. The maximum absolute atomic E-state index is 5.24. The molecule has 2 heterocycles. The van der Waals surface area contributed by atoms with Gasteiger partial charge in [-0.25, -0.2) is 4.98 Å². The Hall–Kier alpha value is -0.450. The van der Waals surface area contributed by atoms with Gasteiger partial charge in [0.05, 0.1) is 5.69 Å². The van der Waals surface area contributed by atoms with Crippen LogP contribution in [0.2, 0.25) is 0 Å². The van der Waals surface area contributed by atoms with Crippen molar-refractivity contribution < 1.29 is 4.74 Å². The third-order valence-corrected chi connectivity index (χ3v) is 3.58. The van der Waals surface area contributed by atoms with Gasteiger partial charge in [-0.1, -0.05) is 0 Å². The van der Waals surface area contributed by atoms with E-state index in [2.05, 4.69) is 10.3 Å². The molecule has 0 aliphatic carbocycles. The lowest BCUT2D eigenvalue weighted by Crippen LogP contribution is -2.22. The summed E-state index contributed by atoms with van der Waals surface area (Å²) in [5.74, 6) is 0. The fraction of sp³-hybridized carbons (Fsp3) is 0.667. The van der Waals surface area contributed by atoms with Gasteiger partial charge in [0, 0.05) is 31.5 Å². The van der Waals surface area contributed by atoms with E-state index in [-0.39, 0.29) is 6.10 Å². The van der Waals surface area contributed by atoms with Crippen molar-refractivity contribution in [2.24, 2.45) is 0 Å². The molecular weight excluding hydrogens is 184 g/mol. The molecule has 0 saturated heterocycles. The van der Waals surface area contributed by atoms with E-state index in [1.54, 1.807) is 18.4 Å². The van der Waals surface area contributed by atoms with Crippen molar-refractivity contribution in [3.05, 3.63) is 15.6 Å². The van der Waals surface area contributed by atoms with Gasteiger partial charge in [-0.2, -0.15) is 0 Å². The van der Waals surface area contributed by atoms with Gasteiger partial charge in [-0.15, -0.1) is 11.3 Å². The fourth-order valence-corrected chi connectivity index (χ4v) is 2.53. The molecule has 1 aliphatic heterocycles. The van der Waals surface area contributed by atoms with E-state index in [4.69, 9.17) is 4.74 Å². The number of rotatable bonds is 2. The number of fused-ring (bicyclic) bond motifs is 1. The molecule has 2 rings (SSSR count). The number of nitrogens with one attached hydrogen (secondary N) is 1. The van der Waals surface area contributed by atoms with Gasteiger partial charge in [0.25, 0.3) is 0 Å². The summed E-state index contributed by atoms with van der Waals surface area (Å²) in [7, 11) is 1.73. The number of methoxy groups -OCH3 is 1. The normalized spacial score (nSPS) is 18.3. The van der Waals surface area contributed by atoms with Crippen LogP contribution in [-0.2, 0) is 17.7 Å². The van der Waals surface area contributed by atoms with Gasteiger partial charge in [-0.05, 0) is 6.92 Å². The lowest BCUT2D eigenvalue weighted by atomic mass is 10.2. The first kappa shape index (κ1) is 9.12. The van der Waals surface area contributed by atoms with E-state index >= 15 is 0 Å². The number of hydrogen-bond acceptors (Lipinski definition) is 4. The molecule has 0 amide bonds. The average molecular weight is 198 g/mol. The van der Waals surface area contributed by atoms with Crippen molar-refractivity contribution in [1.29, 1.82) is 0 Å². The molecule has 72 valence electrons. The van der Waals surface area contributed by atoms with Crippen LogP contribution in [0.3, 0.4) is 0 Å². The van der Waals surface area contributed by atoms with Crippen LogP contribution in [0, 0.1) is 0 Å². The molecule has 1 aromatic rings. The van der Waals surface area contributed by atoms with E-state index in [0.29, 0.717) is 0 Å². The topological polar surface area (TPSA) is 34.1 Å². The Bertz CT molecular complexity index is 274. The van der Waals surface area contributed by atoms with Crippen molar-refractivity contribution in [2.45, 2.75) is 26.0 Å². The number of aromatic nitrogens is 1. The summed E-state index contributed by atoms with van der Waals surface area (Å²) >= 11 is 1.77. The summed E-state index contributed by atoms with van der Waals surface area (Å²) in [6.45, 7) is 4.07. The maximum atomic E-state index is 5.24. The molecule has 1 unspecified atom stereocenters. The van der Waals surface area contributed by atoms with Gasteiger partial charge in [-0.3, -0.25) is 0 Å². The smallest absolute Gasteiger partial charge is 0.122 e. The SMILES string of the molecule is COC(C)c1nc2c(s1)CNCC2. The van der Waals surface area contributed by atoms with Crippen LogP contribution in [0.15, 0.2) is 0 Å². The van der Waals surface area contributed by atoms with Crippen molar-refractivity contribution >= 4 is 11.3 Å². The van der Waals surface area contributed by atoms with E-state index in [9.17, 15) is 0 Å². The Labute approximate surface area is 82.1 Å². The zero-order valence-corrected chi connectivity index (χ0v) is 8.78. The highest BCUT2D eigenvalue weighted by atomic mass is 32.1. The molecule has 0 fully saturated rings. The largest absolute Gasteiger partial charge is 0.375 e. The Kier molecular flexibility index (Phi) is 2.62. The molecule has 1 atom stereocenters. The number of nitrogens with zero attached hydrogens (tertiary/aromatic N) is 1. The average Bonchev–Trinajstić information content (AvgIpc) is 2.59. The van der Waals surface area contributed by atoms with Gasteiger partial charge in [0.2, 0.25) is 0 Å². The van der Waals surface area contributed by atoms with Crippen molar-refractivity contribution in [1.82, 2.24) is 10.3 Å². The standard InChI is InChI=1S/C9H14N2OS/c1-6(12-2)9-11-7-3-4-10-5-8(7)13-9/h6,10H,3-5H2,1-2H3. The Morgan fingerprint density at radius 2 is 2.46 bits per heavy atom. The van der Waals surface area contributed by atoms with Crippen LogP contribution >= 0.6 is 11.3 Å². The monoisotopic (exact) mass is 198 g/mol. The van der Waals surface area contributed by atoms with Crippen molar-refractivity contribution in [3.63, 3.8) is 0 Å². The van der Waals surface area contributed by atoms with E-state index in [1.807, 2.05) is 6.92 Å². The molecule has 4 heteroatoms. The molecule has 0 saturated carbocycles. The summed E-state index contributed by atoms with van der Waals surface area (Å²) in [6.07, 6.45) is 1.19. The number of ether oxygens (including phenoxy) is 1. The Balaban J connectivity index is 2.25. The molecule has 13 heavy (non-hydrogen) atoms. The first-order chi connectivity index (χ1) is 6.31.